The number of nitrogens with zero attached hydrogens (tertiary/aromatic N) is 3. The minimum Gasteiger partial charge on any atom is -0.297 e. The number of tetrazole rings is 1. The van der Waals surface area contributed by atoms with Gasteiger partial charge >= 0.3 is 0 Å². The zero-order valence-corrected chi connectivity index (χ0v) is 16.0. The zero-order valence-electron chi connectivity index (χ0n) is 15.1. The first-order chi connectivity index (χ1) is 10.7. The highest BCUT2D eigenvalue weighted by Gasteiger charge is 2.40. The second kappa shape index (κ2) is 14.1. The van der Waals surface area contributed by atoms with Gasteiger partial charge in [-0.05, 0) is 25.7 Å². The van der Waals surface area contributed by atoms with Crippen molar-refractivity contribution in [1.82, 2.24) is 20.6 Å². The molecule has 1 rings (SSSR count). The molecule has 6 heteroatoms. The van der Waals surface area contributed by atoms with Crippen molar-refractivity contribution < 1.29 is 0 Å². The maximum atomic E-state index is 6.52. The molecule has 1 unspecified atom stereocenters. The molecule has 1 atom stereocenters. The van der Waals surface area contributed by atoms with Crippen molar-refractivity contribution in [1.29, 1.82) is 0 Å². The zero-order chi connectivity index (χ0) is 16.7. The number of aromatic amines is 1. The second-order valence-electron chi connectivity index (χ2n) is 5.99. The fraction of sp³-hybridized carbons (Fsp3) is 0.938. The number of unbranched alkanes of at least 4 members (excludes halogenated alkanes) is 3. The molecule has 22 heavy (non-hydrogen) atoms. The van der Waals surface area contributed by atoms with Crippen molar-refractivity contribution in [2.75, 3.05) is 18.5 Å². The Hall–Kier alpha value is -0.540. The predicted molar refractivity (Wildman–Crippen MR) is 98.7 cm³/mol. The van der Waals surface area contributed by atoms with Gasteiger partial charge in [0.05, 0.1) is 18.5 Å². The molecule has 130 valence electrons. The topological polar surface area (TPSA) is 80.5 Å². The number of H-pyrrole nitrogens is 1. The molecule has 0 spiro atoms. The smallest absolute Gasteiger partial charge is 0.161 e. The van der Waals surface area contributed by atoms with Gasteiger partial charge in [-0.15, -0.1) is 10.2 Å². The molecule has 5 nitrogen and oxygen atoms in total. The molecule has 1 aromatic heterocycles. The van der Waals surface area contributed by atoms with E-state index in [1.54, 1.807) is 0 Å². The van der Waals surface area contributed by atoms with Gasteiger partial charge in [0.25, 0.3) is 0 Å². The average molecular weight is 330 g/mol. The van der Waals surface area contributed by atoms with E-state index >= 15 is 0 Å². The fourth-order valence-corrected chi connectivity index (χ4v) is 8.05. The Balaban J connectivity index is 0.000000734. The molecule has 0 saturated carbocycles. The second-order valence-corrected chi connectivity index (χ2v) is 10.4. The summed E-state index contributed by atoms with van der Waals surface area (Å²) in [5.41, 5.74) is 6.52. The van der Waals surface area contributed by atoms with Crippen LogP contribution in [0.1, 0.15) is 72.6 Å². The van der Waals surface area contributed by atoms with Crippen LogP contribution in [0.5, 0.6) is 0 Å². The van der Waals surface area contributed by atoms with Gasteiger partial charge in [0, 0.05) is 7.26 Å². The van der Waals surface area contributed by atoms with E-state index in [9.17, 15) is 0 Å². The lowest BCUT2D eigenvalue weighted by atomic mass is 10.4. The predicted octanol–water partition coefficient (Wildman–Crippen LogP) is 4.30. The number of nitrogens with one attached hydrogen (secondary N) is 1. The molecule has 0 saturated heterocycles. The minimum absolute atomic E-state index is 0.521. The number of rotatable bonds is 11. The molecule has 3 N–H and O–H groups in total. The monoisotopic (exact) mass is 330 g/mol. The van der Waals surface area contributed by atoms with E-state index in [1.165, 1.54) is 69.8 Å². The summed E-state index contributed by atoms with van der Waals surface area (Å²) in [5, 5.41) is 12.2. The first-order valence-electron chi connectivity index (χ1n) is 8.94. The van der Waals surface area contributed by atoms with Crippen LogP contribution in [0.15, 0.2) is 6.33 Å². The largest absolute Gasteiger partial charge is 0.297 e. The van der Waals surface area contributed by atoms with E-state index < -0.39 is 7.26 Å². The van der Waals surface area contributed by atoms with E-state index in [-0.39, 0.29) is 0 Å². The Morgan fingerprint density at radius 3 is 1.68 bits per heavy atom. The Bertz CT molecular complexity index is 279. The van der Waals surface area contributed by atoms with Crippen molar-refractivity contribution in [2.24, 2.45) is 5.73 Å². The van der Waals surface area contributed by atoms with Gasteiger partial charge in [-0.25, -0.2) is 0 Å². The summed E-state index contributed by atoms with van der Waals surface area (Å²) in [5.74, 6) is 0.521. The highest BCUT2D eigenvalue weighted by Crippen LogP contribution is 2.63. The quantitative estimate of drug-likeness (QED) is 0.593. The number of hydrogen-bond donors (Lipinski definition) is 2. The van der Waals surface area contributed by atoms with Gasteiger partial charge in [0.2, 0.25) is 0 Å². The van der Waals surface area contributed by atoms with Gasteiger partial charge < -0.3 is 0 Å². The Morgan fingerprint density at radius 1 is 0.955 bits per heavy atom. The van der Waals surface area contributed by atoms with E-state index in [4.69, 9.17) is 5.73 Å². The SMILES string of the molecule is CCCC[P+](CCCC)(CCCC)C(N)CC.c1nn[nH]n1. The van der Waals surface area contributed by atoms with Crippen LogP contribution in [0.4, 0.5) is 0 Å². The fourth-order valence-electron chi connectivity index (χ4n) is 2.77. The molecule has 0 aromatic carbocycles. The summed E-state index contributed by atoms with van der Waals surface area (Å²) in [6.45, 7) is 9.21. The lowest BCUT2D eigenvalue weighted by molar-refractivity contribution is 0.777. The summed E-state index contributed by atoms with van der Waals surface area (Å²) >= 11 is 0. The first kappa shape index (κ1) is 21.5. The lowest BCUT2D eigenvalue weighted by Gasteiger charge is -2.32. The van der Waals surface area contributed by atoms with Crippen LogP contribution in [0.25, 0.3) is 0 Å². The van der Waals surface area contributed by atoms with Crippen LogP contribution in [0, 0.1) is 0 Å². The minimum atomic E-state index is -0.859. The maximum Gasteiger partial charge on any atom is 0.161 e. The van der Waals surface area contributed by atoms with Crippen LogP contribution in [0.2, 0.25) is 0 Å². The third kappa shape index (κ3) is 8.79. The summed E-state index contributed by atoms with van der Waals surface area (Å²) < 4.78 is 0. The van der Waals surface area contributed by atoms with Gasteiger partial charge in [0.1, 0.15) is 5.78 Å². The van der Waals surface area contributed by atoms with Gasteiger partial charge in [0.15, 0.2) is 6.33 Å². The van der Waals surface area contributed by atoms with Crippen molar-refractivity contribution in [3.8, 4) is 0 Å². The number of aromatic nitrogens is 4. The van der Waals surface area contributed by atoms with Crippen LogP contribution < -0.4 is 5.73 Å². The molecule has 0 bridgehead atoms. The Morgan fingerprint density at radius 2 is 1.45 bits per heavy atom. The summed E-state index contributed by atoms with van der Waals surface area (Å²) in [6, 6.07) is 0. The number of nitrogens with two attached hydrogens (primary N) is 1. The first-order valence-corrected chi connectivity index (χ1v) is 11.4. The van der Waals surface area contributed by atoms with Gasteiger partial charge in [-0.2, -0.15) is 5.21 Å². The van der Waals surface area contributed by atoms with Gasteiger partial charge in [-0.3, -0.25) is 5.73 Å². The standard InChI is InChI=1S/C15H35NP.CH2N4/c1-5-9-12-17(13-10-6-2,14-11-7-3)15(16)8-4;1-2-4-5-3-1/h15H,5-14,16H2,1-4H3;1H,(H,2,3,4,5)/q+1;. The van der Waals surface area contributed by atoms with E-state index in [2.05, 4.69) is 48.3 Å². The molecule has 1 aromatic rings. The highest BCUT2D eigenvalue weighted by atomic mass is 31.2. The van der Waals surface area contributed by atoms with Gasteiger partial charge in [-0.1, -0.05) is 52.2 Å². The molecule has 0 aliphatic heterocycles. The Kier molecular flexibility index (Phi) is 13.7. The highest BCUT2D eigenvalue weighted by molar-refractivity contribution is 7.76. The van der Waals surface area contributed by atoms with Crippen molar-refractivity contribution in [3.05, 3.63) is 6.33 Å². The number of hydrogen-bond acceptors (Lipinski definition) is 4. The van der Waals surface area contributed by atoms with Crippen molar-refractivity contribution in [2.45, 2.75) is 78.4 Å². The molecule has 1 heterocycles. The van der Waals surface area contributed by atoms with E-state index in [0.717, 1.165) is 0 Å². The third-order valence-corrected chi connectivity index (χ3v) is 9.66. The normalized spacial score (nSPS) is 12.6. The molecular formula is C16H37N5P+. The maximum absolute atomic E-state index is 6.52. The third-order valence-electron chi connectivity index (χ3n) is 4.26. The van der Waals surface area contributed by atoms with E-state index in [1.807, 2.05) is 0 Å². The Labute approximate surface area is 137 Å². The molecule has 0 fully saturated rings. The molecule has 0 amide bonds. The molecule has 0 radical (unpaired) electrons. The van der Waals surface area contributed by atoms with E-state index in [0.29, 0.717) is 5.78 Å². The van der Waals surface area contributed by atoms with Crippen LogP contribution in [-0.4, -0.2) is 44.9 Å². The molecule has 0 aliphatic rings. The summed E-state index contributed by atoms with van der Waals surface area (Å²) in [6.07, 6.45) is 15.1. The van der Waals surface area contributed by atoms with Crippen LogP contribution >= 0.6 is 7.26 Å². The lowest BCUT2D eigenvalue weighted by Crippen LogP contribution is -2.29. The summed E-state index contributed by atoms with van der Waals surface area (Å²) in [7, 11) is -0.859. The van der Waals surface area contributed by atoms with Crippen LogP contribution in [-0.2, 0) is 0 Å². The average Bonchev–Trinajstić information content (AvgIpc) is 3.13. The molecular weight excluding hydrogens is 293 g/mol. The summed E-state index contributed by atoms with van der Waals surface area (Å²) in [4.78, 5) is 0. The van der Waals surface area contributed by atoms with Crippen molar-refractivity contribution >= 4 is 7.26 Å². The van der Waals surface area contributed by atoms with Crippen LogP contribution in [0.3, 0.4) is 0 Å². The van der Waals surface area contributed by atoms with Crippen molar-refractivity contribution in [3.63, 3.8) is 0 Å². The molecule has 0 aliphatic carbocycles.